The van der Waals surface area contributed by atoms with Gasteiger partial charge in [-0.2, -0.15) is 0 Å². The maximum absolute atomic E-state index is 11.5. The van der Waals surface area contributed by atoms with Crippen molar-refractivity contribution in [1.82, 2.24) is 0 Å². The van der Waals surface area contributed by atoms with Gasteiger partial charge in [0.1, 0.15) is 0 Å². The van der Waals surface area contributed by atoms with Crippen LogP contribution in [-0.4, -0.2) is 22.0 Å². The third kappa shape index (κ3) is 2.98. The third-order valence-corrected chi connectivity index (χ3v) is 2.23. The molecule has 0 heterocycles. The summed E-state index contributed by atoms with van der Waals surface area (Å²) >= 11 is 11.3. The molecule has 1 rings (SSSR count). The predicted molar refractivity (Wildman–Crippen MR) is 59.1 cm³/mol. The van der Waals surface area contributed by atoms with E-state index >= 15 is 0 Å². The van der Waals surface area contributed by atoms with Gasteiger partial charge in [-0.1, -0.05) is 23.2 Å². The molecule has 0 spiro atoms. The molecule has 0 aliphatic carbocycles. The fourth-order valence-corrected chi connectivity index (χ4v) is 1.45. The normalized spacial score (nSPS) is 11.2. The molecule has 16 heavy (non-hydrogen) atoms. The predicted octanol–water partition coefficient (Wildman–Crippen LogP) is 2.70. The number of carbonyl (C=O) groups excluding carboxylic acids is 1. The molecule has 0 bridgehead atoms. The second kappa shape index (κ2) is 5.01. The van der Waals surface area contributed by atoms with Crippen molar-refractivity contribution in [2.45, 2.75) is 0 Å². The number of benzene rings is 1. The Balaban J connectivity index is 3.07. The zero-order chi connectivity index (χ0) is 12.3. The fraction of sp³-hybridized carbons (Fsp3) is 0. The quantitative estimate of drug-likeness (QED) is 0.498. The molecule has 1 aromatic rings. The van der Waals surface area contributed by atoms with Crippen molar-refractivity contribution in [1.29, 1.82) is 0 Å². The maximum Gasteiger partial charge on any atom is 0.371 e. The number of halogens is 2. The number of ketones is 1. The highest BCUT2D eigenvalue weighted by Gasteiger charge is 2.12. The average molecular weight is 261 g/mol. The van der Waals surface area contributed by atoms with Crippen molar-refractivity contribution < 1.29 is 19.8 Å². The average Bonchev–Trinajstić information content (AvgIpc) is 2.16. The summed E-state index contributed by atoms with van der Waals surface area (Å²) in [5.41, 5.74) is 0.0684. The van der Waals surface area contributed by atoms with E-state index in [0.717, 1.165) is 0 Å². The molecular formula is C10H6Cl2O4. The standard InChI is InChI=1S/C10H6Cl2O4/c11-5-1-2-6(7(12)3-5)8(13)4-9(14)10(15)16/h1-4,14H,(H,15,16)/b9-4+. The summed E-state index contributed by atoms with van der Waals surface area (Å²) in [4.78, 5) is 21.7. The number of aliphatic hydroxyl groups is 1. The molecule has 0 saturated carbocycles. The molecule has 6 heteroatoms. The van der Waals surface area contributed by atoms with Gasteiger partial charge in [0.2, 0.25) is 5.76 Å². The van der Waals surface area contributed by atoms with Gasteiger partial charge >= 0.3 is 5.97 Å². The van der Waals surface area contributed by atoms with E-state index in [2.05, 4.69) is 0 Å². The van der Waals surface area contributed by atoms with Crippen molar-refractivity contribution in [3.63, 3.8) is 0 Å². The van der Waals surface area contributed by atoms with Gasteiger partial charge in [0.25, 0.3) is 0 Å². The van der Waals surface area contributed by atoms with E-state index in [1.807, 2.05) is 0 Å². The van der Waals surface area contributed by atoms with Crippen LogP contribution in [0.5, 0.6) is 0 Å². The largest absolute Gasteiger partial charge is 0.502 e. The summed E-state index contributed by atoms with van der Waals surface area (Å²) in [5.74, 6) is -3.34. The van der Waals surface area contributed by atoms with E-state index in [9.17, 15) is 9.59 Å². The zero-order valence-corrected chi connectivity index (χ0v) is 9.29. The molecule has 0 aliphatic rings. The van der Waals surface area contributed by atoms with Gasteiger partial charge in [0, 0.05) is 16.7 Å². The number of carboxylic acid groups (broad SMARTS) is 1. The van der Waals surface area contributed by atoms with Gasteiger partial charge in [-0.3, -0.25) is 4.79 Å². The second-order valence-electron chi connectivity index (χ2n) is 2.82. The Morgan fingerprint density at radius 1 is 1.19 bits per heavy atom. The minimum Gasteiger partial charge on any atom is -0.502 e. The van der Waals surface area contributed by atoms with Gasteiger partial charge in [0.05, 0.1) is 5.02 Å². The monoisotopic (exact) mass is 260 g/mol. The van der Waals surface area contributed by atoms with Crippen molar-refractivity contribution in [3.8, 4) is 0 Å². The molecule has 0 aromatic heterocycles. The summed E-state index contributed by atoms with van der Waals surface area (Å²) in [5, 5.41) is 17.7. The first-order chi connectivity index (χ1) is 7.41. The third-order valence-electron chi connectivity index (χ3n) is 1.68. The maximum atomic E-state index is 11.5. The van der Waals surface area contributed by atoms with Crippen LogP contribution in [0.25, 0.3) is 0 Å². The minimum absolute atomic E-state index is 0.0684. The van der Waals surface area contributed by atoms with E-state index in [-0.39, 0.29) is 10.6 Å². The highest BCUT2D eigenvalue weighted by Crippen LogP contribution is 2.21. The van der Waals surface area contributed by atoms with Gasteiger partial charge in [-0.15, -0.1) is 0 Å². The molecule has 0 amide bonds. The Kier molecular flexibility index (Phi) is 3.93. The Hall–Kier alpha value is -1.52. The zero-order valence-electron chi connectivity index (χ0n) is 7.78. The molecule has 1 aromatic carbocycles. The molecule has 0 atom stereocenters. The number of hydrogen-bond donors (Lipinski definition) is 2. The smallest absolute Gasteiger partial charge is 0.371 e. The van der Waals surface area contributed by atoms with Crippen molar-refractivity contribution in [2.75, 3.05) is 0 Å². The number of carboxylic acids is 1. The van der Waals surface area contributed by atoms with Crippen LogP contribution in [0.4, 0.5) is 0 Å². The molecule has 0 saturated heterocycles. The lowest BCUT2D eigenvalue weighted by molar-refractivity contribution is -0.135. The van der Waals surface area contributed by atoms with Crippen LogP contribution in [0.1, 0.15) is 10.4 Å². The summed E-state index contributed by atoms with van der Waals surface area (Å²) in [6, 6.07) is 4.13. The Morgan fingerprint density at radius 2 is 1.81 bits per heavy atom. The van der Waals surface area contributed by atoms with Crippen molar-refractivity contribution in [3.05, 3.63) is 45.6 Å². The molecule has 0 fully saturated rings. The van der Waals surface area contributed by atoms with Gasteiger partial charge in [-0.25, -0.2) is 4.79 Å². The second-order valence-corrected chi connectivity index (χ2v) is 3.67. The molecule has 0 aliphatic heterocycles. The topological polar surface area (TPSA) is 74.6 Å². The lowest BCUT2D eigenvalue weighted by Gasteiger charge is -2.00. The number of hydrogen-bond acceptors (Lipinski definition) is 3. The van der Waals surface area contributed by atoms with E-state index in [4.69, 9.17) is 33.4 Å². The highest BCUT2D eigenvalue weighted by molar-refractivity contribution is 6.37. The molecule has 84 valence electrons. The Morgan fingerprint density at radius 3 is 2.31 bits per heavy atom. The van der Waals surface area contributed by atoms with E-state index in [1.165, 1.54) is 18.2 Å². The van der Waals surface area contributed by atoms with Crippen LogP contribution < -0.4 is 0 Å². The van der Waals surface area contributed by atoms with Crippen molar-refractivity contribution in [2.24, 2.45) is 0 Å². The molecule has 0 unspecified atom stereocenters. The lowest BCUT2D eigenvalue weighted by atomic mass is 10.1. The molecule has 2 N–H and O–H groups in total. The van der Waals surface area contributed by atoms with Crippen molar-refractivity contribution >= 4 is 35.0 Å². The summed E-state index contributed by atoms with van der Waals surface area (Å²) in [7, 11) is 0. The van der Waals surface area contributed by atoms with Crippen LogP contribution >= 0.6 is 23.2 Å². The Labute approximate surface area is 101 Å². The van der Waals surface area contributed by atoms with Crippen LogP contribution in [0.15, 0.2) is 30.0 Å². The van der Waals surface area contributed by atoms with E-state index < -0.39 is 17.5 Å². The van der Waals surface area contributed by atoms with E-state index in [1.54, 1.807) is 0 Å². The molecule has 0 radical (unpaired) electrons. The van der Waals surface area contributed by atoms with Crippen LogP contribution in [0.2, 0.25) is 10.0 Å². The van der Waals surface area contributed by atoms with Crippen LogP contribution in [0, 0.1) is 0 Å². The van der Waals surface area contributed by atoms with Gasteiger partial charge in [-0.05, 0) is 18.2 Å². The number of carbonyl (C=O) groups is 2. The molecular weight excluding hydrogens is 255 g/mol. The van der Waals surface area contributed by atoms with E-state index in [0.29, 0.717) is 11.1 Å². The van der Waals surface area contributed by atoms with Crippen LogP contribution in [-0.2, 0) is 4.79 Å². The number of aliphatic carboxylic acids is 1. The molecule has 4 nitrogen and oxygen atoms in total. The highest BCUT2D eigenvalue weighted by atomic mass is 35.5. The minimum atomic E-state index is -1.58. The first-order valence-electron chi connectivity index (χ1n) is 4.05. The number of aliphatic hydroxyl groups excluding tert-OH is 1. The summed E-state index contributed by atoms with van der Waals surface area (Å²) < 4.78 is 0. The first kappa shape index (κ1) is 12.5. The van der Waals surface area contributed by atoms with Gasteiger partial charge < -0.3 is 10.2 Å². The number of allylic oxidation sites excluding steroid dienone is 1. The summed E-state index contributed by atoms with van der Waals surface area (Å²) in [6.07, 6.45) is 0.581. The lowest BCUT2D eigenvalue weighted by Crippen LogP contribution is -2.04. The summed E-state index contributed by atoms with van der Waals surface area (Å²) in [6.45, 7) is 0. The van der Waals surface area contributed by atoms with Gasteiger partial charge in [0.15, 0.2) is 5.78 Å². The first-order valence-corrected chi connectivity index (χ1v) is 4.80. The number of rotatable bonds is 3. The van der Waals surface area contributed by atoms with Crippen LogP contribution in [0.3, 0.4) is 0 Å². The SMILES string of the molecule is O=C(O)/C(O)=C\C(=O)c1ccc(Cl)cc1Cl. The fourth-order valence-electron chi connectivity index (χ4n) is 0.953. The Bertz CT molecular complexity index is 480.